The summed E-state index contributed by atoms with van der Waals surface area (Å²) in [5, 5.41) is 16.7. The van der Waals surface area contributed by atoms with E-state index < -0.39 is 23.8 Å². The minimum atomic E-state index is -1.13. The number of rotatable bonds is 10. The Kier molecular flexibility index (Phi) is 9.65. The third-order valence-electron chi connectivity index (χ3n) is 8.65. The summed E-state index contributed by atoms with van der Waals surface area (Å²) < 4.78 is 0. The number of fused-ring (bicyclic) bond motifs is 1. The Balaban J connectivity index is 1.39. The number of para-hydroxylation sites is 1. The van der Waals surface area contributed by atoms with E-state index in [2.05, 4.69) is 27.8 Å². The Morgan fingerprint density at radius 3 is 2.41 bits per heavy atom. The molecule has 0 bridgehead atoms. The Hall–Kier alpha value is -4.63. The van der Waals surface area contributed by atoms with Crippen LogP contribution in [-0.4, -0.2) is 77.6 Å². The molecule has 4 aromatic rings. The molecule has 2 atom stereocenters. The van der Waals surface area contributed by atoms with Gasteiger partial charge in [-0.05, 0) is 74.2 Å². The number of aromatic carboxylic acids is 1. The number of carboxylic acid groups (broad SMARTS) is 1. The smallest absolute Gasteiger partial charge is 0.337 e. The van der Waals surface area contributed by atoms with Crippen LogP contribution in [0.3, 0.4) is 0 Å². The summed E-state index contributed by atoms with van der Waals surface area (Å²) in [7, 11) is 3.94. The molecule has 9 heteroatoms. The summed E-state index contributed by atoms with van der Waals surface area (Å²) in [6.07, 6.45) is 4.25. The van der Waals surface area contributed by atoms with Gasteiger partial charge in [0.2, 0.25) is 5.91 Å². The van der Waals surface area contributed by atoms with E-state index in [1.54, 1.807) is 17.0 Å². The number of aromatic amines is 1. The number of aromatic nitrogens is 1. The highest BCUT2D eigenvalue weighted by atomic mass is 16.4. The standard InChI is InChI=1S/C35H41N5O4/c1-23(29-22-36-30-12-8-7-11-27(29)30)32(38-35(44)40-19-16-26(17-20-40)25-9-5-4-6-10-25)33(41)37-31-21-24(15-18-39(2)3)13-14-28(31)34(42)43/h4-14,21-23,26,32,36H,15-20H2,1-3H3,(H,37,41)(H,38,44)(H,42,43)/t23-,32+/m0/s1. The molecule has 1 aliphatic rings. The van der Waals surface area contributed by atoms with E-state index in [1.165, 1.54) is 11.6 Å². The molecule has 44 heavy (non-hydrogen) atoms. The van der Waals surface area contributed by atoms with Gasteiger partial charge in [0.1, 0.15) is 6.04 Å². The van der Waals surface area contributed by atoms with Crippen molar-refractivity contribution < 1.29 is 19.5 Å². The number of hydrogen-bond acceptors (Lipinski definition) is 4. The molecule has 9 nitrogen and oxygen atoms in total. The van der Waals surface area contributed by atoms with Gasteiger partial charge in [0.05, 0.1) is 11.3 Å². The van der Waals surface area contributed by atoms with Crippen molar-refractivity contribution in [3.63, 3.8) is 0 Å². The molecule has 1 saturated heterocycles. The number of benzene rings is 3. The van der Waals surface area contributed by atoms with E-state index in [-0.39, 0.29) is 17.3 Å². The summed E-state index contributed by atoms with van der Waals surface area (Å²) in [5.74, 6) is -1.63. The molecular formula is C35H41N5O4. The normalized spacial score (nSPS) is 15.2. The summed E-state index contributed by atoms with van der Waals surface area (Å²) >= 11 is 0. The molecular weight excluding hydrogens is 554 g/mol. The molecule has 230 valence electrons. The molecule has 5 rings (SSSR count). The second-order valence-corrected chi connectivity index (χ2v) is 11.9. The lowest BCUT2D eigenvalue weighted by Gasteiger charge is -2.34. The highest BCUT2D eigenvalue weighted by molar-refractivity contribution is 6.03. The quantitative estimate of drug-likeness (QED) is 0.188. The number of amides is 3. The highest BCUT2D eigenvalue weighted by Crippen LogP contribution is 2.31. The lowest BCUT2D eigenvalue weighted by atomic mass is 9.89. The monoisotopic (exact) mass is 595 g/mol. The number of carboxylic acids is 1. The zero-order valence-electron chi connectivity index (χ0n) is 25.5. The summed E-state index contributed by atoms with van der Waals surface area (Å²) in [5.41, 5.74) is 4.23. The van der Waals surface area contributed by atoms with Crippen LogP contribution < -0.4 is 10.6 Å². The molecule has 0 unspecified atom stereocenters. The first kappa shape index (κ1) is 30.8. The first-order chi connectivity index (χ1) is 21.2. The van der Waals surface area contributed by atoms with Gasteiger partial charge >= 0.3 is 12.0 Å². The van der Waals surface area contributed by atoms with E-state index in [0.29, 0.717) is 25.4 Å². The molecule has 0 saturated carbocycles. The third kappa shape index (κ3) is 7.11. The number of nitrogens with one attached hydrogen (secondary N) is 3. The van der Waals surface area contributed by atoms with Crippen LogP contribution in [0.15, 0.2) is 79.0 Å². The second kappa shape index (κ2) is 13.8. The largest absolute Gasteiger partial charge is 0.478 e. The van der Waals surface area contributed by atoms with E-state index in [1.807, 2.05) is 74.6 Å². The number of nitrogens with zero attached hydrogens (tertiary/aromatic N) is 2. The number of hydrogen-bond donors (Lipinski definition) is 4. The van der Waals surface area contributed by atoms with Crippen molar-refractivity contribution in [3.05, 3.63) is 101 Å². The van der Waals surface area contributed by atoms with Crippen molar-refractivity contribution in [2.45, 2.75) is 44.1 Å². The van der Waals surface area contributed by atoms with Crippen LogP contribution in [0.1, 0.15) is 58.6 Å². The van der Waals surface area contributed by atoms with E-state index in [9.17, 15) is 19.5 Å². The number of urea groups is 1. The predicted molar refractivity (Wildman–Crippen MR) is 173 cm³/mol. The molecule has 0 radical (unpaired) electrons. The van der Waals surface area contributed by atoms with Crippen molar-refractivity contribution in [3.8, 4) is 0 Å². The second-order valence-electron chi connectivity index (χ2n) is 11.9. The number of carbonyl (C=O) groups excluding carboxylic acids is 2. The number of likely N-dealkylation sites (tertiary alicyclic amines) is 1. The lowest BCUT2D eigenvalue weighted by molar-refractivity contribution is -0.118. The molecule has 1 aromatic heterocycles. The van der Waals surface area contributed by atoms with Gasteiger partial charge in [-0.15, -0.1) is 0 Å². The van der Waals surface area contributed by atoms with Crippen molar-refractivity contribution in [2.75, 3.05) is 39.0 Å². The minimum absolute atomic E-state index is 0.000221. The maximum Gasteiger partial charge on any atom is 0.337 e. The first-order valence-corrected chi connectivity index (χ1v) is 15.2. The molecule has 4 N–H and O–H groups in total. The fraction of sp³-hybridized carbons (Fsp3) is 0.343. The zero-order chi connectivity index (χ0) is 31.2. The molecule has 3 aromatic carbocycles. The van der Waals surface area contributed by atoms with Crippen LogP contribution in [0.5, 0.6) is 0 Å². The number of anilines is 1. The number of H-pyrrole nitrogens is 1. The molecule has 1 aliphatic heterocycles. The highest BCUT2D eigenvalue weighted by Gasteiger charge is 2.33. The summed E-state index contributed by atoms with van der Waals surface area (Å²) in [4.78, 5) is 46.9. The van der Waals surface area contributed by atoms with Crippen molar-refractivity contribution in [1.29, 1.82) is 0 Å². The average molecular weight is 596 g/mol. The maximum absolute atomic E-state index is 14.0. The van der Waals surface area contributed by atoms with Crippen LogP contribution in [0.25, 0.3) is 10.9 Å². The van der Waals surface area contributed by atoms with Crippen LogP contribution in [0.4, 0.5) is 10.5 Å². The zero-order valence-corrected chi connectivity index (χ0v) is 25.5. The summed E-state index contributed by atoms with van der Waals surface area (Å²) in [6.45, 7) is 3.85. The van der Waals surface area contributed by atoms with Gasteiger partial charge in [-0.1, -0.05) is 61.5 Å². The van der Waals surface area contributed by atoms with Crippen molar-refractivity contribution >= 4 is 34.5 Å². The van der Waals surface area contributed by atoms with Gasteiger partial charge in [0.25, 0.3) is 0 Å². The maximum atomic E-state index is 14.0. The van der Waals surface area contributed by atoms with Crippen molar-refractivity contribution in [2.24, 2.45) is 0 Å². The van der Waals surface area contributed by atoms with E-state index >= 15 is 0 Å². The topological polar surface area (TPSA) is 118 Å². The SMILES string of the molecule is C[C@@H](c1c[nH]c2ccccc12)[C@@H](NC(=O)N1CCC(c2ccccc2)CC1)C(=O)Nc1cc(CCN(C)C)ccc1C(=O)O. The average Bonchev–Trinajstić information content (AvgIpc) is 3.47. The molecule has 0 spiro atoms. The van der Waals surface area contributed by atoms with Gasteiger partial charge in [-0.3, -0.25) is 4.79 Å². The van der Waals surface area contributed by atoms with Crippen molar-refractivity contribution in [1.82, 2.24) is 20.1 Å². The van der Waals surface area contributed by atoms with E-state index in [0.717, 1.165) is 41.4 Å². The molecule has 2 heterocycles. The predicted octanol–water partition coefficient (Wildman–Crippen LogP) is 5.67. The Bertz CT molecular complexity index is 1610. The van der Waals surface area contributed by atoms with Crippen LogP contribution in [0, 0.1) is 0 Å². The molecule has 0 aliphatic carbocycles. The van der Waals surface area contributed by atoms with Gasteiger partial charge < -0.3 is 30.5 Å². The van der Waals surface area contributed by atoms with Gasteiger partial charge in [0.15, 0.2) is 0 Å². The Morgan fingerprint density at radius 2 is 1.70 bits per heavy atom. The van der Waals surface area contributed by atoms with Crippen LogP contribution in [0.2, 0.25) is 0 Å². The van der Waals surface area contributed by atoms with Crippen LogP contribution in [-0.2, 0) is 11.2 Å². The number of piperidine rings is 1. The van der Waals surface area contributed by atoms with Gasteiger partial charge in [-0.2, -0.15) is 0 Å². The molecule has 3 amide bonds. The number of likely N-dealkylation sites (N-methyl/N-ethyl adjacent to an activating group) is 1. The Morgan fingerprint density at radius 1 is 1.00 bits per heavy atom. The lowest BCUT2D eigenvalue weighted by Crippen LogP contribution is -2.53. The number of carbonyl (C=O) groups is 3. The fourth-order valence-electron chi connectivity index (χ4n) is 6.03. The minimum Gasteiger partial charge on any atom is -0.478 e. The summed E-state index contributed by atoms with van der Waals surface area (Å²) in [6, 6.07) is 21.9. The fourth-order valence-corrected chi connectivity index (χ4v) is 6.03. The molecule has 1 fully saturated rings. The van der Waals surface area contributed by atoms with E-state index in [4.69, 9.17) is 0 Å². The van der Waals surface area contributed by atoms with Gasteiger partial charge in [0, 0.05) is 42.7 Å². The third-order valence-corrected chi connectivity index (χ3v) is 8.65. The Labute approximate surface area is 258 Å². The van der Waals surface area contributed by atoms with Crippen LogP contribution >= 0.6 is 0 Å². The first-order valence-electron chi connectivity index (χ1n) is 15.2. The van der Waals surface area contributed by atoms with Gasteiger partial charge in [-0.25, -0.2) is 9.59 Å².